The van der Waals surface area contributed by atoms with Gasteiger partial charge in [-0.2, -0.15) is 50.6 Å². The standard InChI is InChI=1S/C19H17F2N7OS.3H2S/c20-16(21)12-7-15(28-18(24-12)22-9-23-28)11-3-1-10-2-4-14(11)27(10)17(29)13-8-26-5-6-30-19(26)25-13;;;/h5-11,14,16H,1-4H2;3*1H2/t10-,11-,14-;;;/m0.../s1. The number of hydrogen-bond acceptors (Lipinski definition) is 6. The van der Waals surface area contributed by atoms with Crippen molar-refractivity contribution < 1.29 is 13.6 Å². The van der Waals surface area contributed by atoms with E-state index in [9.17, 15) is 13.6 Å². The summed E-state index contributed by atoms with van der Waals surface area (Å²) in [7, 11) is 0. The Kier molecular flexibility index (Phi) is 7.61. The summed E-state index contributed by atoms with van der Waals surface area (Å²) in [4.78, 5) is 28.5. The van der Waals surface area contributed by atoms with Crippen molar-refractivity contribution in [2.75, 3.05) is 0 Å². The Labute approximate surface area is 212 Å². The molecule has 2 aliphatic rings. The van der Waals surface area contributed by atoms with E-state index in [-0.39, 0.29) is 75.9 Å². The molecule has 8 nitrogen and oxygen atoms in total. The van der Waals surface area contributed by atoms with E-state index >= 15 is 0 Å². The smallest absolute Gasteiger partial charge is 0.280 e. The van der Waals surface area contributed by atoms with Crippen molar-refractivity contribution in [3.8, 4) is 0 Å². The van der Waals surface area contributed by atoms with Gasteiger partial charge in [-0.15, -0.1) is 11.3 Å². The Hall–Kier alpha value is -1.90. The summed E-state index contributed by atoms with van der Waals surface area (Å²) in [5, 5.41) is 6.13. The molecule has 2 saturated heterocycles. The van der Waals surface area contributed by atoms with E-state index in [1.807, 2.05) is 20.9 Å². The fourth-order valence-electron chi connectivity index (χ4n) is 5.01. The third-order valence-corrected chi connectivity index (χ3v) is 7.04. The van der Waals surface area contributed by atoms with Crippen LogP contribution >= 0.6 is 51.8 Å². The van der Waals surface area contributed by atoms with Crippen LogP contribution < -0.4 is 0 Å². The predicted octanol–water partition coefficient (Wildman–Crippen LogP) is 3.66. The van der Waals surface area contributed by atoms with Crippen molar-refractivity contribution >= 4 is 68.5 Å². The van der Waals surface area contributed by atoms with Crippen LogP contribution in [0.5, 0.6) is 0 Å². The largest absolute Gasteiger partial charge is 0.331 e. The van der Waals surface area contributed by atoms with Gasteiger partial charge in [0.05, 0.1) is 5.69 Å². The van der Waals surface area contributed by atoms with Crippen molar-refractivity contribution in [3.05, 3.63) is 47.2 Å². The Balaban J connectivity index is 0.00000102. The van der Waals surface area contributed by atoms with E-state index in [4.69, 9.17) is 0 Å². The first-order valence-electron chi connectivity index (χ1n) is 9.84. The normalized spacial score (nSPS) is 21.7. The molecule has 0 N–H and O–H groups in total. The zero-order valence-corrected chi connectivity index (χ0v) is 21.0. The molecule has 1 amide bonds. The Bertz CT molecular complexity index is 1250. The molecule has 6 rings (SSSR count). The summed E-state index contributed by atoms with van der Waals surface area (Å²) in [6.07, 6.45) is 5.62. The second-order valence-corrected chi connectivity index (χ2v) is 8.67. The lowest BCUT2D eigenvalue weighted by Gasteiger charge is -2.40. The van der Waals surface area contributed by atoms with Crippen LogP contribution in [0.2, 0.25) is 0 Å². The second kappa shape index (κ2) is 9.76. The lowest BCUT2D eigenvalue weighted by molar-refractivity contribution is 0.0548. The van der Waals surface area contributed by atoms with E-state index in [2.05, 4.69) is 20.1 Å². The van der Waals surface area contributed by atoms with Crippen LogP contribution in [0.25, 0.3) is 10.7 Å². The summed E-state index contributed by atoms with van der Waals surface area (Å²) in [5.41, 5.74) is 0.757. The molecule has 4 aromatic rings. The van der Waals surface area contributed by atoms with Gasteiger partial charge in [0.2, 0.25) is 0 Å². The van der Waals surface area contributed by atoms with E-state index in [0.29, 0.717) is 11.4 Å². The molecule has 178 valence electrons. The number of amides is 1. The number of halogens is 2. The van der Waals surface area contributed by atoms with Crippen molar-refractivity contribution in [1.29, 1.82) is 0 Å². The molecule has 14 heteroatoms. The molecular formula is C19H23F2N7OS4. The molecule has 0 aromatic carbocycles. The molecule has 0 aliphatic carbocycles. The topological polar surface area (TPSA) is 80.7 Å². The van der Waals surface area contributed by atoms with Gasteiger partial charge >= 0.3 is 0 Å². The number of piperidine rings is 1. The van der Waals surface area contributed by atoms with Crippen LogP contribution in [0.4, 0.5) is 8.78 Å². The number of carbonyl (C=O) groups is 1. The lowest BCUT2D eigenvalue weighted by atomic mass is 9.86. The number of hydrogen-bond donors (Lipinski definition) is 0. The number of imidazole rings is 1. The zero-order valence-electron chi connectivity index (χ0n) is 17.2. The highest BCUT2D eigenvalue weighted by atomic mass is 32.1. The molecule has 0 radical (unpaired) electrons. The Morgan fingerprint density at radius 2 is 1.91 bits per heavy atom. The van der Waals surface area contributed by atoms with Crippen molar-refractivity contribution in [1.82, 2.24) is 33.9 Å². The molecule has 2 bridgehead atoms. The van der Waals surface area contributed by atoms with Crippen molar-refractivity contribution in [2.45, 2.75) is 50.1 Å². The zero-order chi connectivity index (χ0) is 20.4. The number of fused-ring (bicyclic) bond motifs is 4. The molecule has 4 aromatic heterocycles. The maximum absolute atomic E-state index is 13.4. The quantitative estimate of drug-likeness (QED) is 0.403. The van der Waals surface area contributed by atoms with Gasteiger partial charge in [-0.05, 0) is 31.7 Å². The van der Waals surface area contributed by atoms with Gasteiger partial charge in [0.15, 0.2) is 4.96 Å². The van der Waals surface area contributed by atoms with Gasteiger partial charge in [0.25, 0.3) is 18.1 Å². The summed E-state index contributed by atoms with van der Waals surface area (Å²) < 4.78 is 30.3. The second-order valence-electron chi connectivity index (χ2n) is 7.79. The summed E-state index contributed by atoms with van der Waals surface area (Å²) in [6.45, 7) is 0. The maximum Gasteiger partial charge on any atom is 0.280 e. The highest BCUT2D eigenvalue weighted by molar-refractivity contribution is 7.59. The number of rotatable bonds is 3. The molecule has 33 heavy (non-hydrogen) atoms. The SMILES string of the molecule is O=C(c1cn2ccsc2n1)N1[C@H]2CC[C@H](c3cc(C(F)F)nc4ncnn34)[C@@H]1CC2.S.S.S. The number of nitrogens with zero attached hydrogens (tertiary/aromatic N) is 7. The van der Waals surface area contributed by atoms with Crippen LogP contribution in [-0.4, -0.2) is 51.9 Å². The average Bonchev–Trinajstić information content (AvgIpc) is 3.49. The van der Waals surface area contributed by atoms with Crippen LogP contribution in [0.3, 0.4) is 0 Å². The number of alkyl halides is 2. The predicted molar refractivity (Wildman–Crippen MR) is 135 cm³/mol. The van der Waals surface area contributed by atoms with E-state index < -0.39 is 6.43 Å². The van der Waals surface area contributed by atoms with Crippen molar-refractivity contribution in [3.63, 3.8) is 0 Å². The van der Waals surface area contributed by atoms with E-state index in [1.165, 1.54) is 28.2 Å². The van der Waals surface area contributed by atoms with Crippen LogP contribution in [0.15, 0.2) is 30.2 Å². The Morgan fingerprint density at radius 3 is 2.67 bits per heavy atom. The summed E-state index contributed by atoms with van der Waals surface area (Å²) in [5.74, 6) is -0.0441. The van der Waals surface area contributed by atoms with Gasteiger partial charge in [0.1, 0.15) is 17.7 Å². The minimum atomic E-state index is -2.69. The molecule has 3 atom stereocenters. The highest BCUT2D eigenvalue weighted by Crippen LogP contribution is 2.45. The molecule has 2 aliphatic heterocycles. The van der Waals surface area contributed by atoms with Gasteiger partial charge in [0, 0.05) is 35.8 Å². The minimum absolute atomic E-state index is 0. The fourth-order valence-corrected chi connectivity index (χ4v) is 5.71. The van der Waals surface area contributed by atoms with Gasteiger partial charge in [-0.25, -0.2) is 23.3 Å². The lowest BCUT2D eigenvalue weighted by Crippen LogP contribution is -2.47. The Morgan fingerprint density at radius 1 is 1.12 bits per heavy atom. The maximum atomic E-state index is 13.4. The first kappa shape index (κ1) is 25.7. The summed E-state index contributed by atoms with van der Waals surface area (Å²) in [6, 6.07) is 1.49. The van der Waals surface area contributed by atoms with Crippen molar-refractivity contribution in [2.24, 2.45) is 0 Å². The van der Waals surface area contributed by atoms with E-state index in [1.54, 1.807) is 6.20 Å². The fraction of sp³-hybridized carbons (Fsp3) is 0.421. The van der Waals surface area contributed by atoms with Crippen LogP contribution in [-0.2, 0) is 0 Å². The van der Waals surface area contributed by atoms with Gasteiger partial charge in [-0.3, -0.25) is 9.20 Å². The average molecular weight is 532 g/mol. The first-order chi connectivity index (χ1) is 14.6. The first-order valence-corrected chi connectivity index (χ1v) is 10.7. The van der Waals surface area contributed by atoms with E-state index in [0.717, 1.165) is 30.6 Å². The molecular weight excluding hydrogens is 509 g/mol. The summed E-state index contributed by atoms with van der Waals surface area (Å²) >= 11 is 1.48. The van der Waals surface area contributed by atoms with Crippen LogP contribution in [0.1, 0.15) is 59.9 Å². The molecule has 2 fully saturated rings. The third-order valence-electron chi connectivity index (χ3n) is 6.27. The monoisotopic (exact) mass is 531 g/mol. The molecule has 6 heterocycles. The number of carbonyl (C=O) groups excluding carboxylic acids is 1. The van der Waals surface area contributed by atoms with Crippen LogP contribution in [0, 0.1) is 0 Å². The number of thiazole rings is 1. The third kappa shape index (κ3) is 4.10. The molecule has 0 spiro atoms. The van der Waals surface area contributed by atoms with Gasteiger partial charge in [-0.1, -0.05) is 0 Å². The molecule has 0 unspecified atom stereocenters. The highest BCUT2D eigenvalue weighted by Gasteiger charge is 2.47. The van der Waals surface area contributed by atoms with Gasteiger partial charge < -0.3 is 4.90 Å². The minimum Gasteiger partial charge on any atom is -0.331 e. The number of aromatic nitrogens is 6. The molecule has 0 saturated carbocycles.